The summed E-state index contributed by atoms with van der Waals surface area (Å²) >= 11 is 0. The first-order valence-corrected chi connectivity index (χ1v) is 8.92. The molecule has 1 N–H and O–H groups in total. The van der Waals surface area contributed by atoms with E-state index >= 15 is 0 Å². The lowest BCUT2D eigenvalue weighted by Crippen LogP contribution is -2.28. The number of methoxy groups -OCH3 is 2. The van der Waals surface area contributed by atoms with Crippen molar-refractivity contribution in [2.24, 2.45) is 5.92 Å². The molecular weight excluding hydrogens is 378 g/mol. The zero-order valence-electron chi connectivity index (χ0n) is 16.3. The molecule has 0 saturated carbocycles. The number of anilines is 2. The van der Waals surface area contributed by atoms with Crippen molar-refractivity contribution in [1.29, 1.82) is 0 Å². The van der Waals surface area contributed by atoms with Crippen molar-refractivity contribution in [2.45, 2.75) is 13.3 Å². The zero-order chi connectivity index (χ0) is 21.1. The lowest BCUT2D eigenvalue weighted by atomic mass is 10.1. The fourth-order valence-electron chi connectivity index (χ4n) is 3.23. The molecule has 0 bridgehead atoms. The Morgan fingerprint density at radius 3 is 2.62 bits per heavy atom. The maximum atomic E-state index is 12.7. The number of nitrogens with zero attached hydrogens (tertiary/aromatic N) is 2. The van der Waals surface area contributed by atoms with Gasteiger partial charge in [0.1, 0.15) is 11.5 Å². The Morgan fingerprint density at radius 2 is 1.97 bits per heavy atom. The molecule has 0 spiro atoms. The fourth-order valence-corrected chi connectivity index (χ4v) is 3.23. The average molecular weight is 399 g/mol. The van der Waals surface area contributed by atoms with Gasteiger partial charge in [0.15, 0.2) is 0 Å². The van der Waals surface area contributed by atoms with Crippen molar-refractivity contribution in [3.8, 4) is 11.5 Å². The molecule has 0 aliphatic carbocycles. The Morgan fingerprint density at radius 1 is 1.21 bits per heavy atom. The summed E-state index contributed by atoms with van der Waals surface area (Å²) in [4.78, 5) is 37.2. The Bertz CT molecular complexity index is 975. The van der Waals surface area contributed by atoms with Crippen LogP contribution in [0.3, 0.4) is 0 Å². The Hall–Kier alpha value is -3.62. The van der Waals surface area contributed by atoms with E-state index in [9.17, 15) is 19.7 Å². The molecule has 2 amide bonds. The summed E-state index contributed by atoms with van der Waals surface area (Å²) < 4.78 is 10.4. The molecule has 29 heavy (non-hydrogen) atoms. The molecule has 1 aliphatic heterocycles. The highest BCUT2D eigenvalue weighted by atomic mass is 16.6. The molecule has 1 atom stereocenters. The molecule has 152 valence electrons. The molecule has 1 aliphatic rings. The normalized spacial score (nSPS) is 15.9. The third-order valence-electron chi connectivity index (χ3n) is 4.86. The number of nitro benzene ring substituents is 1. The maximum Gasteiger partial charge on any atom is 0.274 e. The van der Waals surface area contributed by atoms with Gasteiger partial charge in [-0.1, -0.05) is 6.07 Å². The number of hydrogen-bond donors (Lipinski definition) is 1. The van der Waals surface area contributed by atoms with Gasteiger partial charge in [-0.15, -0.1) is 0 Å². The van der Waals surface area contributed by atoms with Crippen LogP contribution in [0.2, 0.25) is 0 Å². The van der Waals surface area contributed by atoms with Gasteiger partial charge in [0.2, 0.25) is 11.8 Å². The predicted octanol–water partition coefficient (Wildman–Crippen LogP) is 2.91. The number of aryl methyl sites for hydroxylation is 1. The molecule has 9 nitrogen and oxygen atoms in total. The van der Waals surface area contributed by atoms with Crippen LogP contribution in [-0.2, 0) is 9.59 Å². The minimum Gasteiger partial charge on any atom is -0.497 e. The largest absolute Gasteiger partial charge is 0.497 e. The van der Waals surface area contributed by atoms with Crippen LogP contribution in [-0.4, -0.2) is 37.5 Å². The number of nitrogens with one attached hydrogen (secondary N) is 1. The molecule has 1 heterocycles. The minimum absolute atomic E-state index is 0.0198. The predicted molar refractivity (Wildman–Crippen MR) is 106 cm³/mol. The molecule has 9 heteroatoms. The number of nitro groups is 1. The topological polar surface area (TPSA) is 111 Å². The van der Waals surface area contributed by atoms with Gasteiger partial charge in [-0.2, -0.15) is 0 Å². The van der Waals surface area contributed by atoms with E-state index in [0.29, 0.717) is 28.4 Å². The summed E-state index contributed by atoms with van der Waals surface area (Å²) in [5, 5.41) is 13.9. The van der Waals surface area contributed by atoms with Gasteiger partial charge >= 0.3 is 0 Å². The molecule has 2 aromatic rings. The van der Waals surface area contributed by atoms with Crippen LogP contribution in [0, 0.1) is 23.0 Å². The first kappa shape index (κ1) is 20.1. The summed E-state index contributed by atoms with van der Waals surface area (Å²) in [7, 11) is 3.01. The lowest BCUT2D eigenvalue weighted by molar-refractivity contribution is -0.385. The molecular formula is C20H21N3O6. The third kappa shape index (κ3) is 4.13. The monoisotopic (exact) mass is 399 g/mol. The molecule has 0 unspecified atom stereocenters. The summed E-state index contributed by atoms with van der Waals surface area (Å²) in [6.45, 7) is 1.77. The third-order valence-corrected chi connectivity index (χ3v) is 4.86. The van der Waals surface area contributed by atoms with Crippen LogP contribution in [0.4, 0.5) is 17.1 Å². The number of ether oxygens (including phenoxy) is 2. The van der Waals surface area contributed by atoms with Gasteiger partial charge < -0.3 is 19.7 Å². The van der Waals surface area contributed by atoms with Crippen molar-refractivity contribution in [3.05, 3.63) is 52.1 Å². The first-order valence-electron chi connectivity index (χ1n) is 8.92. The van der Waals surface area contributed by atoms with Crippen molar-refractivity contribution in [3.63, 3.8) is 0 Å². The van der Waals surface area contributed by atoms with E-state index in [4.69, 9.17) is 9.47 Å². The van der Waals surface area contributed by atoms with E-state index in [1.807, 2.05) is 0 Å². The molecule has 3 rings (SSSR count). The standard InChI is InChI=1S/C20H21N3O6/c1-12-4-5-14(9-17(12)23(26)27)22-11-13(8-19(22)24)20(25)21-16-7-6-15(28-2)10-18(16)29-3/h4-7,9-10,13H,8,11H2,1-3H3,(H,21,25)/t13-/m1/s1. The maximum absolute atomic E-state index is 12.7. The molecule has 2 aromatic carbocycles. The minimum atomic E-state index is -0.588. The number of benzene rings is 2. The van der Waals surface area contributed by atoms with Gasteiger partial charge in [0, 0.05) is 30.7 Å². The highest BCUT2D eigenvalue weighted by molar-refractivity contribution is 6.04. The summed E-state index contributed by atoms with van der Waals surface area (Å²) in [5.41, 5.74) is 1.32. The number of hydrogen-bond acceptors (Lipinski definition) is 6. The zero-order valence-corrected chi connectivity index (χ0v) is 16.3. The SMILES string of the molecule is COc1ccc(NC(=O)[C@@H]2CC(=O)N(c3ccc(C)c([N+](=O)[O-])c3)C2)c(OC)c1. The number of amides is 2. The molecule has 1 fully saturated rings. The van der Waals surface area contributed by atoms with E-state index in [2.05, 4.69) is 5.32 Å². The number of carbonyl (C=O) groups is 2. The van der Waals surface area contributed by atoms with Gasteiger partial charge in [0.25, 0.3) is 5.69 Å². The van der Waals surface area contributed by atoms with Gasteiger partial charge in [-0.3, -0.25) is 19.7 Å². The Balaban J connectivity index is 1.76. The molecule has 0 aromatic heterocycles. The molecule has 1 saturated heterocycles. The average Bonchev–Trinajstić information content (AvgIpc) is 3.10. The second kappa shape index (κ2) is 8.17. The van der Waals surface area contributed by atoms with E-state index in [-0.39, 0.29) is 30.5 Å². The van der Waals surface area contributed by atoms with Crippen LogP contribution < -0.4 is 19.7 Å². The fraction of sp³-hybridized carbons (Fsp3) is 0.300. The summed E-state index contributed by atoms with van der Waals surface area (Å²) in [6.07, 6.45) is 0.0198. The number of carbonyl (C=O) groups excluding carboxylic acids is 2. The quantitative estimate of drug-likeness (QED) is 0.591. The Kier molecular flexibility index (Phi) is 5.67. The van der Waals surface area contributed by atoms with Crippen LogP contribution in [0.1, 0.15) is 12.0 Å². The van der Waals surface area contributed by atoms with Crippen molar-refractivity contribution < 1.29 is 24.0 Å². The van der Waals surface area contributed by atoms with Crippen LogP contribution >= 0.6 is 0 Å². The second-order valence-corrected chi connectivity index (χ2v) is 6.69. The van der Waals surface area contributed by atoms with Crippen LogP contribution in [0.5, 0.6) is 11.5 Å². The smallest absolute Gasteiger partial charge is 0.274 e. The van der Waals surface area contributed by atoms with Gasteiger partial charge in [0.05, 0.1) is 36.4 Å². The van der Waals surface area contributed by atoms with Gasteiger partial charge in [-0.25, -0.2) is 0 Å². The summed E-state index contributed by atoms with van der Waals surface area (Å²) in [6, 6.07) is 9.60. The number of rotatable bonds is 6. The van der Waals surface area contributed by atoms with Crippen molar-refractivity contribution in [2.75, 3.05) is 31.0 Å². The first-order chi connectivity index (χ1) is 13.8. The lowest BCUT2D eigenvalue weighted by Gasteiger charge is -2.17. The molecule has 0 radical (unpaired) electrons. The van der Waals surface area contributed by atoms with E-state index in [0.717, 1.165) is 0 Å². The van der Waals surface area contributed by atoms with Crippen LogP contribution in [0.15, 0.2) is 36.4 Å². The van der Waals surface area contributed by atoms with Crippen molar-refractivity contribution in [1.82, 2.24) is 0 Å². The van der Waals surface area contributed by atoms with Crippen molar-refractivity contribution >= 4 is 28.9 Å². The van der Waals surface area contributed by atoms with E-state index in [1.54, 1.807) is 37.3 Å². The van der Waals surface area contributed by atoms with E-state index in [1.165, 1.54) is 25.2 Å². The van der Waals surface area contributed by atoms with Crippen LogP contribution in [0.25, 0.3) is 0 Å². The Labute approximate surface area is 167 Å². The van der Waals surface area contributed by atoms with E-state index < -0.39 is 10.8 Å². The highest BCUT2D eigenvalue weighted by Gasteiger charge is 2.36. The summed E-state index contributed by atoms with van der Waals surface area (Å²) in [5.74, 6) is -0.151. The highest BCUT2D eigenvalue weighted by Crippen LogP contribution is 2.32. The van der Waals surface area contributed by atoms with Gasteiger partial charge in [-0.05, 0) is 25.1 Å². The second-order valence-electron chi connectivity index (χ2n) is 6.69.